The fraction of sp³-hybridized carbons (Fsp3) is 0.679. The maximum atomic E-state index is 13.1. The van der Waals surface area contributed by atoms with Crippen molar-refractivity contribution in [2.75, 3.05) is 39.6 Å². The average molecular weight is 1440 g/mol. The van der Waals surface area contributed by atoms with E-state index in [2.05, 4.69) is 137 Å². The van der Waals surface area contributed by atoms with Gasteiger partial charge in [0.25, 0.3) is 0 Å². The number of rotatable bonds is 71. The number of allylic oxidation sites excluding steroid dienone is 21. The highest BCUT2D eigenvalue weighted by atomic mass is 31.2. The van der Waals surface area contributed by atoms with Crippen LogP contribution in [0.1, 0.15) is 297 Å². The number of hydrogen-bond donors (Lipinski definition) is 3. The molecule has 0 aliphatic heterocycles. The van der Waals surface area contributed by atoms with Gasteiger partial charge in [-0.3, -0.25) is 37.3 Å². The lowest BCUT2D eigenvalue weighted by molar-refractivity contribution is -0.161. The largest absolute Gasteiger partial charge is 0.472 e. The van der Waals surface area contributed by atoms with Gasteiger partial charge in [0.2, 0.25) is 0 Å². The molecule has 0 spiro atoms. The fourth-order valence-corrected chi connectivity index (χ4v) is 11.3. The average Bonchev–Trinajstić information content (AvgIpc) is 0.966. The van der Waals surface area contributed by atoms with Crippen LogP contribution in [0.5, 0.6) is 0 Å². The molecule has 0 bridgehead atoms. The monoisotopic (exact) mass is 1440 g/mol. The molecule has 0 radical (unpaired) electrons. The van der Waals surface area contributed by atoms with E-state index in [0.29, 0.717) is 25.7 Å². The summed E-state index contributed by atoms with van der Waals surface area (Å²) in [5, 5.41) is 10.6. The third-order valence-electron chi connectivity index (χ3n) is 15.6. The van der Waals surface area contributed by atoms with Crippen molar-refractivity contribution in [1.82, 2.24) is 0 Å². The van der Waals surface area contributed by atoms with Gasteiger partial charge in [0.1, 0.15) is 19.3 Å². The summed E-state index contributed by atoms with van der Waals surface area (Å²) >= 11 is 0. The number of hydrogen-bond acceptors (Lipinski definition) is 15. The van der Waals surface area contributed by atoms with Crippen molar-refractivity contribution >= 4 is 39.5 Å². The zero-order chi connectivity index (χ0) is 73.2. The molecule has 0 aromatic carbocycles. The fourth-order valence-electron chi connectivity index (χ4n) is 9.72. The molecule has 0 heterocycles. The summed E-state index contributed by atoms with van der Waals surface area (Å²) in [6.07, 6.45) is 80.5. The summed E-state index contributed by atoms with van der Waals surface area (Å²) in [7, 11) is -9.99. The van der Waals surface area contributed by atoms with Crippen molar-refractivity contribution in [2.45, 2.75) is 316 Å². The van der Waals surface area contributed by atoms with E-state index < -0.39 is 97.5 Å². The SMILES string of the molecule is CC/C=C\C/C=C\C/C=C\C/C=C\C/C=C\CC(=O)OCC(COP(=O)(O)OCC(O)COP(=O)(O)OCC(COC(=O)CCCCCCCC/C=C\C/C=C\C/C=C\CCCCC)OC(=O)CCCCCCC/C=C\CCCC)OC(=O)CCCCCCC/C=C\C/C=C\CCCCC. The number of carbonyl (C=O) groups is 4. The summed E-state index contributed by atoms with van der Waals surface area (Å²) in [6, 6.07) is 0. The van der Waals surface area contributed by atoms with Crippen molar-refractivity contribution in [3.05, 3.63) is 134 Å². The highest BCUT2D eigenvalue weighted by Crippen LogP contribution is 2.45. The summed E-state index contributed by atoms with van der Waals surface area (Å²) in [5.74, 6) is -2.37. The van der Waals surface area contributed by atoms with E-state index in [1.54, 1.807) is 6.08 Å². The third-order valence-corrected chi connectivity index (χ3v) is 17.5. The molecule has 17 nitrogen and oxygen atoms in total. The molecule has 19 heteroatoms. The van der Waals surface area contributed by atoms with Crippen molar-refractivity contribution in [3.63, 3.8) is 0 Å². The molecule has 572 valence electrons. The van der Waals surface area contributed by atoms with E-state index in [-0.39, 0.29) is 25.7 Å². The lowest BCUT2D eigenvalue weighted by Gasteiger charge is -2.21. The third kappa shape index (κ3) is 71.6. The highest BCUT2D eigenvalue weighted by Gasteiger charge is 2.30. The minimum Gasteiger partial charge on any atom is -0.462 e. The molecule has 0 aromatic heterocycles. The van der Waals surface area contributed by atoms with Crippen molar-refractivity contribution in [2.24, 2.45) is 0 Å². The summed E-state index contributed by atoms with van der Waals surface area (Å²) in [6.45, 7) is 4.50. The van der Waals surface area contributed by atoms with E-state index >= 15 is 0 Å². The van der Waals surface area contributed by atoms with Crippen LogP contribution in [0.3, 0.4) is 0 Å². The predicted octanol–water partition coefficient (Wildman–Crippen LogP) is 22.1. The number of aliphatic hydroxyl groups excluding tert-OH is 1. The quantitative estimate of drug-likeness (QED) is 0.0169. The first-order chi connectivity index (χ1) is 48.7. The normalized spacial score (nSPS) is 14.7. The minimum atomic E-state index is -5.00. The Labute approximate surface area is 605 Å². The minimum absolute atomic E-state index is 0.0563. The first-order valence-electron chi connectivity index (χ1n) is 38.4. The van der Waals surface area contributed by atoms with Crippen LogP contribution in [-0.2, 0) is 65.4 Å². The van der Waals surface area contributed by atoms with Crippen molar-refractivity contribution < 1.29 is 80.2 Å². The van der Waals surface area contributed by atoms with Gasteiger partial charge in [-0.15, -0.1) is 0 Å². The van der Waals surface area contributed by atoms with Gasteiger partial charge in [-0.2, -0.15) is 0 Å². The molecule has 0 saturated carbocycles. The van der Waals surface area contributed by atoms with Crippen LogP contribution in [0.2, 0.25) is 0 Å². The summed E-state index contributed by atoms with van der Waals surface area (Å²) < 4.78 is 68.3. The smallest absolute Gasteiger partial charge is 0.462 e. The maximum absolute atomic E-state index is 13.1. The van der Waals surface area contributed by atoms with Crippen LogP contribution in [0.4, 0.5) is 0 Å². The van der Waals surface area contributed by atoms with Gasteiger partial charge in [-0.25, -0.2) is 9.13 Å². The number of ether oxygens (including phenoxy) is 4. The summed E-state index contributed by atoms with van der Waals surface area (Å²) in [5.41, 5.74) is 0. The molecule has 0 fully saturated rings. The Morgan fingerprint density at radius 3 is 0.930 bits per heavy atom. The standard InChI is InChI=1S/C81H136O17P2/c1-5-9-13-17-21-25-29-32-35-36-37-38-41-43-47-50-54-58-62-66-79(84)91-71-76(97-80(85)67-63-59-55-51-45-28-24-20-16-12-8-4)73-95-99(87,88)93-69-75(82)70-94-100(89,90)96-74-77(98-81(86)68-64-60-56-52-48-44-40-34-31-27-23-19-15-11-7-3)72-92-78(83)65-61-57-53-49-46-42-39-33-30-26-22-18-14-10-6-2/h10,14,20-27,32-35,37-40,46,49,57,61,75-77,82H,5-9,11-13,15-19,28-31,36,41-45,47-48,50-56,58-60,62-74H2,1-4H3,(H,87,88)(H,89,90)/b14-10-,24-20-,25-21-,26-22-,27-23-,35-32-,38-37-,39-33-,40-34-,49-46-,61-57-. The molecule has 100 heavy (non-hydrogen) atoms. The molecule has 5 unspecified atom stereocenters. The van der Waals surface area contributed by atoms with Crippen LogP contribution in [0, 0.1) is 0 Å². The number of unbranched alkanes of at least 4 members (excludes halogenated alkanes) is 24. The highest BCUT2D eigenvalue weighted by molar-refractivity contribution is 7.47. The van der Waals surface area contributed by atoms with Gasteiger partial charge in [-0.05, 0) is 141 Å². The molecule has 0 amide bonds. The van der Waals surface area contributed by atoms with E-state index in [0.717, 1.165) is 167 Å². The number of aliphatic hydroxyl groups is 1. The lowest BCUT2D eigenvalue weighted by atomic mass is 10.1. The Morgan fingerprint density at radius 2 is 0.570 bits per heavy atom. The van der Waals surface area contributed by atoms with Gasteiger partial charge in [0.05, 0.1) is 32.8 Å². The Balaban J connectivity index is 5.40. The van der Waals surface area contributed by atoms with Gasteiger partial charge >= 0.3 is 39.5 Å². The second-order valence-corrected chi connectivity index (χ2v) is 28.1. The molecule has 0 aliphatic carbocycles. The molecule has 0 aliphatic rings. The number of esters is 4. The Kier molecular flexibility index (Phi) is 69.1. The first-order valence-corrected chi connectivity index (χ1v) is 41.4. The van der Waals surface area contributed by atoms with Crippen LogP contribution >= 0.6 is 15.6 Å². The van der Waals surface area contributed by atoms with Gasteiger partial charge < -0.3 is 33.8 Å². The van der Waals surface area contributed by atoms with E-state index in [1.165, 1.54) is 51.4 Å². The predicted molar refractivity (Wildman–Crippen MR) is 408 cm³/mol. The Hall–Kier alpha value is -4.80. The van der Waals surface area contributed by atoms with E-state index in [9.17, 15) is 43.2 Å². The maximum Gasteiger partial charge on any atom is 0.472 e. The Morgan fingerprint density at radius 1 is 0.300 bits per heavy atom. The molecular formula is C81H136O17P2. The Bertz CT molecular complexity index is 2420. The van der Waals surface area contributed by atoms with E-state index in [4.69, 9.17) is 37.0 Å². The van der Waals surface area contributed by atoms with Crippen LogP contribution < -0.4 is 0 Å². The molecule has 3 N–H and O–H groups in total. The van der Waals surface area contributed by atoms with Crippen LogP contribution in [-0.4, -0.2) is 96.7 Å². The molecule has 0 rings (SSSR count). The topological polar surface area (TPSA) is 237 Å². The second-order valence-electron chi connectivity index (χ2n) is 25.2. The number of carbonyl (C=O) groups excluding carboxylic acids is 4. The van der Waals surface area contributed by atoms with Gasteiger partial charge in [-0.1, -0.05) is 264 Å². The zero-order valence-corrected chi connectivity index (χ0v) is 64.1. The molecular weight excluding hydrogens is 1310 g/mol. The number of phosphoric ester groups is 2. The second kappa shape index (κ2) is 72.5. The first kappa shape index (κ1) is 95.2. The van der Waals surface area contributed by atoms with Gasteiger partial charge in [0.15, 0.2) is 12.2 Å². The van der Waals surface area contributed by atoms with Gasteiger partial charge in [0, 0.05) is 19.3 Å². The van der Waals surface area contributed by atoms with Crippen molar-refractivity contribution in [3.8, 4) is 0 Å². The number of phosphoric acid groups is 2. The molecule has 0 aromatic rings. The summed E-state index contributed by atoms with van der Waals surface area (Å²) in [4.78, 5) is 72.8. The van der Waals surface area contributed by atoms with Crippen LogP contribution in [0.25, 0.3) is 0 Å². The zero-order valence-electron chi connectivity index (χ0n) is 62.3. The lowest BCUT2D eigenvalue weighted by Crippen LogP contribution is -2.30. The van der Waals surface area contributed by atoms with Crippen molar-refractivity contribution in [1.29, 1.82) is 0 Å². The van der Waals surface area contributed by atoms with E-state index in [1.807, 2.05) is 18.2 Å². The molecule has 0 saturated heterocycles. The molecule has 5 atom stereocenters. The van der Waals surface area contributed by atoms with Crippen LogP contribution in [0.15, 0.2) is 134 Å².